The van der Waals surface area contributed by atoms with E-state index < -0.39 is 0 Å². The van der Waals surface area contributed by atoms with Crippen LogP contribution in [0.4, 0.5) is 0 Å². The minimum Gasteiger partial charge on any atom is -0.497 e. The van der Waals surface area contributed by atoms with Crippen molar-refractivity contribution in [3.63, 3.8) is 0 Å². The van der Waals surface area contributed by atoms with Crippen LogP contribution in [0.25, 0.3) is 0 Å². The first kappa shape index (κ1) is 16.0. The zero-order valence-corrected chi connectivity index (χ0v) is 12.8. The van der Waals surface area contributed by atoms with Gasteiger partial charge in [-0.1, -0.05) is 12.1 Å². The normalized spacial score (nSPS) is 13.3. The van der Waals surface area contributed by atoms with Gasteiger partial charge in [0.05, 0.1) is 13.7 Å². The lowest BCUT2D eigenvalue weighted by Gasteiger charge is -2.25. The molecule has 0 fully saturated rings. The number of nitrogens with one attached hydrogen (secondary N) is 1. The third-order valence-electron chi connectivity index (χ3n) is 3.01. The Hall–Kier alpha value is -1.06. The smallest absolute Gasteiger partial charge is 0.118 e. The highest BCUT2D eigenvalue weighted by atomic mass is 16.5. The Bertz CT molecular complexity index is 354. The third kappa shape index (κ3) is 6.60. The summed E-state index contributed by atoms with van der Waals surface area (Å²) in [6, 6.07) is 8.27. The van der Waals surface area contributed by atoms with E-state index in [-0.39, 0.29) is 5.54 Å². The number of methoxy groups -OCH3 is 2. The topological polar surface area (TPSA) is 30.5 Å². The van der Waals surface area contributed by atoms with E-state index in [0.29, 0.717) is 5.92 Å². The standard InChI is InChI=1S/C16H27NO2/c1-16(2,3)17-11-14(12-18-4)10-13-6-8-15(19-5)9-7-13/h6-9,14,17H,10-12H2,1-5H3. The summed E-state index contributed by atoms with van der Waals surface area (Å²) in [5.41, 5.74) is 1.46. The molecule has 3 heteroatoms. The maximum absolute atomic E-state index is 5.32. The van der Waals surface area contributed by atoms with Crippen LogP contribution in [0.1, 0.15) is 26.3 Å². The van der Waals surface area contributed by atoms with Crippen LogP contribution in [0, 0.1) is 5.92 Å². The molecular formula is C16H27NO2. The van der Waals surface area contributed by atoms with Crippen molar-refractivity contribution in [1.29, 1.82) is 0 Å². The van der Waals surface area contributed by atoms with Gasteiger partial charge < -0.3 is 14.8 Å². The van der Waals surface area contributed by atoms with Crippen LogP contribution in [-0.2, 0) is 11.2 Å². The fourth-order valence-electron chi connectivity index (χ4n) is 1.97. The summed E-state index contributed by atoms with van der Waals surface area (Å²) < 4.78 is 10.5. The van der Waals surface area contributed by atoms with Crippen molar-refractivity contribution < 1.29 is 9.47 Å². The molecule has 0 heterocycles. The maximum atomic E-state index is 5.32. The largest absolute Gasteiger partial charge is 0.497 e. The monoisotopic (exact) mass is 265 g/mol. The van der Waals surface area contributed by atoms with Crippen molar-refractivity contribution in [1.82, 2.24) is 5.32 Å². The molecule has 0 saturated carbocycles. The van der Waals surface area contributed by atoms with Crippen molar-refractivity contribution in [2.75, 3.05) is 27.4 Å². The van der Waals surface area contributed by atoms with Crippen LogP contribution in [0.15, 0.2) is 24.3 Å². The molecule has 0 aliphatic rings. The summed E-state index contributed by atoms with van der Waals surface area (Å²) in [5, 5.41) is 3.54. The molecule has 1 unspecified atom stereocenters. The molecule has 0 radical (unpaired) electrons. The van der Waals surface area contributed by atoms with Crippen LogP contribution in [0.2, 0.25) is 0 Å². The zero-order chi connectivity index (χ0) is 14.3. The average molecular weight is 265 g/mol. The summed E-state index contributed by atoms with van der Waals surface area (Å²) in [6.45, 7) is 8.29. The van der Waals surface area contributed by atoms with Crippen molar-refractivity contribution in [2.24, 2.45) is 5.92 Å². The maximum Gasteiger partial charge on any atom is 0.118 e. The highest BCUT2D eigenvalue weighted by Gasteiger charge is 2.14. The summed E-state index contributed by atoms with van der Waals surface area (Å²) in [6.07, 6.45) is 1.01. The summed E-state index contributed by atoms with van der Waals surface area (Å²) >= 11 is 0. The van der Waals surface area contributed by atoms with E-state index in [9.17, 15) is 0 Å². The van der Waals surface area contributed by atoms with Crippen molar-refractivity contribution in [2.45, 2.75) is 32.7 Å². The van der Waals surface area contributed by atoms with E-state index >= 15 is 0 Å². The van der Waals surface area contributed by atoms with Gasteiger partial charge in [0.1, 0.15) is 5.75 Å². The summed E-state index contributed by atoms with van der Waals surface area (Å²) in [7, 11) is 3.45. The molecule has 108 valence electrons. The van der Waals surface area contributed by atoms with Crippen LogP contribution >= 0.6 is 0 Å². The molecule has 1 N–H and O–H groups in total. The molecule has 0 saturated heterocycles. The van der Waals surface area contributed by atoms with Gasteiger partial charge >= 0.3 is 0 Å². The first-order valence-corrected chi connectivity index (χ1v) is 6.81. The quantitative estimate of drug-likeness (QED) is 0.822. The Labute approximate surface area is 117 Å². The van der Waals surface area contributed by atoms with E-state index in [0.717, 1.165) is 25.3 Å². The van der Waals surface area contributed by atoms with Crippen molar-refractivity contribution in [3.05, 3.63) is 29.8 Å². The second kappa shape index (κ2) is 7.51. The number of benzene rings is 1. The lowest BCUT2D eigenvalue weighted by molar-refractivity contribution is 0.146. The van der Waals surface area contributed by atoms with Gasteiger partial charge in [-0.2, -0.15) is 0 Å². The van der Waals surface area contributed by atoms with E-state index in [1.165, 1.54) is 5.56 Å². The van der Waals surface area contributed by atoms with Crippen LogP contribution in [0.3, 0.4) is 0 Å². The molecule has 0 aromatic heterocycles. The van der Waals surface area contributed by atoms with Crippen molar-refractivity contribution >= 4 is 0 Å². The first-order chi connectivity index (χ1) is 8.94. The minimum atomic E-state index is 0.145. The van der Waals surface area contributed by atoms with Crippen LogP contribution in [-0.4, -0.2) is 32.9 Å². The lowest BCUT2D eigenvalue weighted by Crippen LogP contribution is -2.40. The predicted molar refractivity (Wildman–Crippen MR) is 79.8 cm³/mol. The molecule has 0 spiro atoms. The van der Waals surface area contributed by atoms with Gasteiger partial charge in [0.15, 0.2) is 0 Å². The van der Waals surface area contributed by atoms with Gasteiger partial charge in [-0.25, -0.2) is 0 Å². The van der Waals surface area contributed by atoms with E-state index in [1.54, 1.807) is 14.2 Å². The summed E-state index contributed by atoms with van der Waals surface area (Å²) in [5.74, 6) is 1.39. The Morgan fingerprint density at radius 2 is 1.74 bits per heavy atom. The first-order valence-electron chi connectivity index (χ1n) is 6.81. The summed E-state index contributed by atoms with van der Waals surface area (Å²) in [4.78, 5) is 0. The van der Waals surface area contributed by atoms with Gasteiger partial charge in [-0.3, -0.25) is 0 Å². The molecule has 1 aromatic carbocycles. The molecule has 0 amide bonds. The van der Waals surface area contributed by atoms with Gasteiger partial charge in [0.25, 0.3) is 0 Å². The van der Waals surface area contributed by atoms with Gasteiger partial charge in [0.2, 0.25) is 0 Å². The molecule has 19 heavy (non-hydrogen) atoms. The highest BCUT2D eigenvalue weighted by molar-refractivity contribution is 5.27. The van der Waals surface area contributed by atoms with E-state index in [1.807, 2.05) is 12.1 Å². The molecule has 1 rings (SSSR count). The van der Waals surface area contributed by atoms with Crippen LogP contribution < -0.4 is 10.1 Å². The number of hydrogen-bond donors (Lipinski definition) is 1. The lowest BCUT2D eigenvalue weighted by atomic mass is 9.98. The van der Waals surface area contributed by atoms with Gasteiger partial charge in [-0.05, 0) is 50.8 Å². The van der Waals surface area contributed by atoms with Gasteiger partial charge in [-0.15, -0.1) is 0 Å². The second-order valence-electron chi connectivity index (χ2n) is 6.00. The Kier molecular flexibility index (Phi) is 6.32. The fraction of sp³-hybridized carbons (Fsp3) is 0.625. The second-order valence-corrected chi connectivity index (χ2v) is 6.00. The molecule has 0 bridgehead atoms. The zero-order valence-electron chi connectivity index (χ0n) is 12.8. The van der Waals surface area contributed by atoms with E-state index in [4.69, 9.17) is 9.47 Å². The Morgan fingerprint density at radius 3 is 2.21 bits per heavy atom. The number of hydrogen-bond acceptors (Lipinski definition) is 3. The van der Waals surface area contributed by atoms with Gasteiger partial charge in [0, 0.05) is 19.2 Å². The predicted octanol–water partition coefficient (Wildman–Crippen LogP) is 2.89. The fourth-order valence-corrected chi connectivity index (χ4v) is 1.97. The number of rotatable bonds is 7. The van der Waals surface area contributed by atoms with E-state index in [2.05, 4.69) is 38.2 Å². The average Bonchev–Trinajstić information content (AvgIpc) is 2.36. The third-order valence-corrected chi connectivity index (χ3v) is 3.01. The molecular weight excluding hydrogens is 238 g/mol. The molecule has 0 aliphatic carbocycles. The number of ether oxygens (including phenoxy) is 2. The Morgan fingerprint density at radius 1 is 1.11 bits per heavy atom. The molecule has 0 aliphatic heterocycles. The van der Waals surface area contributed by atoms with Crippen molar-refractivity contribution in [3.8, 4) is 5.75 Å². The SMILES string of the molecule is COCC(CNC(C)(C)C)Cc1ccc(OC)cc1. The molecule has 1 aromatic rings. The highest BCUT2D eigenvalue weighted by Crippen LogP contribution is 2.15. The minimum absolute atomic E-state index is 0.145. The molecule has 3 nitrogen and oxygen atoms in total. The molecule has 1 atom stereocenters. The Balaban J connectivity index is 2.56. The van der Waals surface area contributed by atoms with Crippen LogP contribution in [0.5, 0.6) is 5.75 Å².